The van der Waals surface area contributed by atoms with Gasteiger partial charge >= 0.3 is 0 Å². The molecule has 0 spiro atoms. The van der Waals surface area contributed by atoms with Gasteiger partial charge in [-0.2, -0.15) is 4.99 Å². The molecule has 0 bridgehead atoms. The van der Waals surface area contributed by atoms with E-state index in [0.29, 0.717) is 11.4 Å². The van der Waals surface area contributed by atoms with Crippen molar-refractivity contribution in [1.29, 1.82) is 0 Å². The van der Waals surface area contributed by atoms with E-state index in [-0.39, 0.29) is 11.9 Å². The van der Waals surface area contributed by atoms with Gasteiger partial charge in [0.15, 0.2) is 5.96 Å². The highest BCUT2D eigenvalue weighted by molar-refractivity contribution is 5.93. The van der Waals surface area contributed by atoms with Crippen LogP contribution in [0.15, 0.2) is 34.3 Å². The van der Waals surface area contributed by atoms with Gasteiger partial charge in [-0.3, -0.25) is 0 Å². The molecule has 0 atom stereocenters. The Kier molecular flexibility index (Phi) is 4.85. The van der Waals surface area contributed by atoms with Gasteiger partial charge in [0.1, 0.15) is 12.4 Å². The molecule has 0 saturated carbocycles. The van der Waals surface area contributed by atoms with E-state index in [4.69, 9.17) is 21.9 Å². The summed E-state index contributed by atoms with van der Waals surface area (Å²) in [6.45, 7) is -0.654. The van der Waals surface area contributed by atoms with Crippen LogP contribution in [-0.4, -0.2) is 25.0 Å². The minimum atomic E-state index is -2.51. The first-order chi connectivity index (χ1) is 8.47. The Labute approximate surface area is 102 Å². The molecular formula is C10H13F2N5O. The predicted octanol–water partition coefficient (Wildman–Crippen LogP) is 0.550. The highest BCUT2D eigenvalue weighted by Gasteiger charge is 2.03. The third-order valence-electron chi connectivity index (χ3n) is 1.70. The number of hydrogen-bond donors (Lipinski definition) is 3. The summed E-state index contributed by atoms with van der Waals surface area (Å²) in [6.07, 6.45) is -2.51. The number of alkyl halides is 2. The van der Waals surface area contributed by atoms with Crippen LogP contribution in [0.1, 0.15) is 0 Å². The van der Waals surface area contributed by atoms with Gasteiger partial charge in [-0.25, -0.2) is 13.8 Å². The number of ether oxygens (including phenoxy) is 1. The Bertz CT molecular complexity index is 440. The van der Waals surface area contributed by atoms with Crippen molar-refractivity contribution in [1.82, 2.24) is 0 Å². The first-order valence-corrected chi connectivity index (χ1v) is 4.92. The van der Waals surface area contributed by atoms with Gasteiger partial charge in [-0.15, -0.1) is 0 Å². The summed E-state index contributed by atoms with van der Waals surface area (Å²) in [5.41, 5.74) is 16.1. The molecule has 98 valence electrons. The van der Waals surface area contributed by atoms with Crippen LogP contribution in [0.25, 0.3) is 0 Å². The molecule has 0 unspecified atom stereocenters. The van der Waals surface area contributed by atoms with Gasteiger partial charge in [0, 0.05) is 0 Å². The van der Waals surface area contributed by atoms with Crippen LogP contribution in [-0.2, 0) is 0 Å². The van der Waals surface area contributed by atoms with E-state index in [2.05, 4.69) is 9.98 Å². The van der Waals surface area contributed by atoms with Gasteiger partial charge in [-0.1, -0.05) is 0 Å². The summed E-state index contributed by atoms with van der Waals surface area (Å²) < 4.78 is 28.6. The van der Waals surface area contributed by atoms with Gasteiger partial charge in [-0.05, 0) is 24.3 Å². The fraction of sp³-hybridized carbons (Fsp3) is 0.200. The van der Waals surface area contributed by atoms with Gasteiger partial charge in [0.25, 0.3) is 6.43 Å². The zero-order valence-corrected chi connectivity index (χ0v) is 9.38. The first-order valence-electron chi connectivity index (χ1n) is 4.92. The van der Waals surface area contributed by atoms with Crippen LogP contribution in [0.4, 0.5) is 14.5 Å². The molecule has 6 N–H and O–H groups in total. The lowest BCUT2D eigenvalue weighted by molar-refractivity contribution is 0.0819. The lowest BCUT2D eigenvalue weighted by Gasteiger charge is -2.04. The summed E-state index contributed by atoms with van der Waals surface area (Å²) in [6, 6.07) is 6.06. The molecule has 8 heteroatoms. The van der Waals surface area contributed by atoms with Gasteiger partial charge in [0.2, 0.25) is 5.96 Å². The molecule has 0 aliphatic rings. The number of guanidine groups is 2. The van der Waals surface area contributed by atoms with E-state index in [1.807, 2.05) is 0 Å². The van der Waals surface area contributed by atoms with Crippen LogP contribution in [0.5, 0.6) is 5.75 Å². The zero-order chi connectivity index (χ0) is 13.5. The normalized spacial score (nSPS) is 11.4. The fourth-order valence-corrected chi connectivity index (χ4v) is 1.07. The Hall–Kier alpha value is -2.38. The first kappa shape index (κ1) is 13.7. The van der Waals surface area contributed by atoms with E-state index in [0.717, 1.165) is 0 Å². The summed E-state index contributed by atoms with van der Waals surface area (Å²) in [5.74, 6) is 0.0130. The number of halogens is 2. The van der Waals surface area contributed by atoms with E-state index < -0.39 is 13.0 Å². The van der Waals surface area contributed by atoms with Crippen molar-refractivity contribution in [3.05, 3.63) is 24.3 Å². The quantitative estimate of drug-likeness (QED) is 0.540. The second-order valence-corrected chi connectivity index (χ2v) is 3.20. The maximum absolute atomic E-state index is 11.9. The largest absolute Gasteiger partial charge is 0.488 e. The third-order valence-corrected chi connectivity index (χ3v) is 1.70. The van der Waals surface area contributed by atoms with E-state index in [1.165, 1.54) is 24.3 Å². The van der Waals surface area contributed by atoms with Crippen LogP contribution in [0, 0.1) is 0 Å². The molecule has 18 heavy (non-hydrogen) atoms. The third kappa shape index (κ3) is 5.10. The molecule has 0 saturated heterocycles. The summed E-state index contributed by atoms with van der Waals surface area (Å²) in [4.78, 5) is 7.40. The molecule has 1 aromatic rings. The molecule has 0 aliphatic carbocycles. The van der Waals surface area contributed by atoms with Crippen LogP contribution < -0.4 is 21.9 Å². The second-order valence-electron chi connectivity index (χ2n) is 3.20. The molecule has 0 heterocycles. The maximum atomic E-state index is 11.9. The Balaban J connectivity index is 2.68. The summed E-state index contributed by atoms with van der Waals surface area (Å²) in [7, 11) is 0. The molecular weight excluding hydrogens is 244 g/mol. The molecule has 0 fully saturated rings. The number of nitrogens with zero attached hydrogens (tertiary/aromatic N) is 2. The molecule has 6 nitrogen and oxygen atoms in total. The van der Waals surface area contributed by atoms with Crippen molar-refractivity contribution >= 4 is 17.6 Å². The fourth-order valence-electron chi connectivity index (χ4n) is 1.07. The van der Waals surface area contributed by atoms with Crippen LogP contribution >= 0.6 is 0 Å². The average molecular weight is 257 g/mol. The van der Waals surface area contributed by atoms with E-state index in [9.17, 15) is 8.78 Å². The Morgan fingerprint density at radius 2 is 1.78 bits per heavy atom. The van der Waals surface area contributed by atoms with Gasteiger partial charge < -0.3 is 21.9 Å². The smallest absolute Gasteiger partial charge is 0.272 e. The molecule has 0 radical (unpaired) electrons. The Morgan fingerprint density at radius 3 is 2.28 bits per heavy atom. The monoisotopic (exact) mass is 257 g/mol. The van der Waals surface area contributed by atoms with Crippen molar-refractivity contribution in [3.8, 4) is 5.75 Å². The number of rotatable bonds is 4. The number of aliphatic imine (C=N–C) groups is 2. The highest BCUT2D eigenvalue weighted by atomic mass is 19.3. The van der Waals surface area contributed by atoms with Crippen molar-refractivity contribution in [3.63, 3.8) is 0 Å². The van der Waals surface area contributed by atoms with Crippen LogP contribution in [0.2, 0.25) is 0 Å². The molecule has 0 aromatic heterocycles. The topological polar surface area (TPSA) is 112 Å². The van der Waals surface area contributed by atoms with Crippen molar-refractivity contribution < 1.29 is 13.5 Å². The minimum absolute atomic E-state index is 0.101. The van der Waals surface area contributed by atoms with E-state index in [1.54, 1.807) is 0 Å². The predicted molar refractivity (Wildman–Crippen MR) is 65.0 cm³/mol. The lowest BCUT2D eigenvalue weighted by Crippen LogP contribution is -2.26. The number of hydrogen-bond acceptors (Lipinski definition) is 2. The van der Waals surface area contributed by atoms with Crippen molar-refractivity contribution in [2.45, 2.75) is 6.43 Å². The molecule has 0 aliphatic heterocycles. The highest BCUT2D eigenvalue weighted by Crippen LogP contribution is 2.18. The van der Waals surface area contributed by atoms with Gasteiger partial charge in [0.05, 0.1) is 5.69 Å². The summed E-state index contributed by atoms with van der Waals surface area (Å²) in [5, 5.41) is 0. The van der Waals surface area contributed by atoms with Crippen molar-refractivity contribution in [2.24, 2.45) is 27.2 Å². The standard InChI is InChI=1S/C10H13F2N5O/c11-8(12)5-18-7-3-1-6(2-4-7)16-10(15)17-9(13)14/h1-4,8H,5H2,(H6,13,14,15,16,17). The Morgan fingerprint density at radius 1 is 1.17 bits per heavy atom. The molecule has 1 aromatic carbocycles. The van der Waals surface area contributed by atoms with Crippen molar-refractivity contribution in [2.75, 3.05) is 6.61 Å². The SMILES string of the molecule is NC(N)=NC(N)=Nc1ccc(OCC(F)F)cc1. The number of nitrogens with two attached hydrogens (primary N) is 3. The maximum Gasteiger partial charge on any atom is 0.272 e. The second kappa shape index (κ2) is 6.38. The average Bonchev–Trinajstić information content (AvgIpc) is 2.26. The van der Waals surface area contributed by atoms with Crippen LogP contribution in [0.3, 0.4) is 0 Å². The lowest BCUT2D eigenvalue weighted by atomic mass is 10.3. The zero-order valence-electron chi connectivity index (χ0n) is 9.38. The minimum Gasteiger partial charge on any atom is -0.488 e. The van der Waals surface area contributed by atoms with E-state index >= 15 is 0 Å². The molecule has 0 amide bonds. The molecule has 1 rings (SSSR count). The number of benzene rings is 1. The summed E-state index contributed by atoms with van der Waals surface area (Å²) >= 11 is 0.